The van der Waals surface area contributed by atoms with Crippen LogP contribution in [0, 0.1) is 11.3 Å². The van der Waals surface area contributed by atoms with Crippen LogP contribution < -0.4 is 0 Å². The van der Waals surface area contributed by atoms with Gasteiger partial charge in [0.15, 0.2) is 5.78 Å². The number of hydrogen-bond donors (Lipinski definition) is 2. The molecule has 0 atom stereocenters. The van der Waals surface area contributed by atoms with E-state index in [1.807, 2.05) is 13.8 Å². The van der Waals surface area contributed by atoms with Gasteiger partial charge in [0.1, 0.15) is 11.5 Å². The van der Waals surface area contributed by atoms with Gasteiger partial charge >= 0.3 is 0 Å². The third-order valence-corrected chi connectivity index (χ3v) is 5.13. The number of benzene rings is 1. The maximum absolute atomic E-state index is 12.8. The van der Waals surface area contributed by atoms with E-state index in [2.05, 4.69) is 0 Å². The molecule has 1 fully saturated rings. The Labute approximate surface area is 143 Å². The number of ketones is 1. The number of nitrogens with zero attached hydrogens (tertiary/aromatic N) is 1. The van der Waals surface area contributed by atoms with Crippen LogP contribution in [-0.4, -0.2) is 40.4 Å². The lowest BCUT2D eigenvalue weighted by atomic mass is 9.70. The molecule has 1 amide bonds. The Balaban J connectivity index is 2.05. The van der Waals surface area contributed by atoms with E-state index in [1.54, 1.807) is 7.05 Å². The predicted molar refractivity (Wildman–Crippen MR) is 92.1 cm³/mol. The normalized spacial score (nSPS) is 16.0. The minimum atomic E-state index is -0.490. The molecule has 0 heterocycles. The van der Waals surface area contributed by atoms with Gasteiger partial charge in [-0.25, -0.2) is 0 Å². The molecule has 132 valence electrons. The van der Waals surface area contributed by atoms with Gasteiger partial charge in [-0.15, -0.1) is 0 Å². The third-order valence-electron chi connectivity index (χ3n) is 5.13. The van der Waals surface area contributed by atoms with Crippen molar-refractivity contribution < 1.29 is 19.8 Å². The van der Waals surface area contributed by atoms with Crippen molar-refractivity contribution in [1.29, 1.82) is 0 Å². The summed E-state index contributed by atoms with van der Waals surface area (Å²) >= 11 is 0. The van der Waals surface area contributed by atoms with Crippen molar-refractivity contribution in [2.45, 2.75) is 46.0 Å². The Morgan fingerprint density at radius 2 is 1.62 bits per heavy atom. The smallest absolute Gasteiger partial charge is 0.228 e. The molecule has 0 bridgehead atoms. The number of amides is 1. The van der Waals surface area contributed by atoms with Crippen molar-refractivity contribution in [3.05, 3.63) is 23.8 Å². The van der Waals surface area contributed by atoms with Crippen LogP contribution in [0.15, 0.2) is 18.2 Å². The molecule has 5 heteroatoms. The van der Waals surface area contributed by atoms with Gasteiger partial charge in [-0.05, 0) is 30.9 Å². The molecule has 24 heavy (non-hydrogen) atoms. The highest BCUT2D eigenvalue weighted by Gasteiger charge is 2.39. The van der Waals surface area contributed by atoms with Crippen molar-refractivity contribution in [2.24, 2.45) is 11.3 Å². The average molecular weight is 333 g/mol. The van der Waals surface area contributed by atoms with Gasteiger partial charge in [0.2, 0.25) is 5.91 Å². The number of carbonyl (C=O) groups excluding carboxylic acids is 2. The zero-order valence-corrected chi connectivity index (χ0v) is 14.7. The highest BCUT2D eigenvalue weighted by atomic mass is 16.3. The maximum atomic E-state index is 12.8. The van der Waals surface area contributed by atoms with Gasteiger partial charge < -0.3 is 15.1 Å². The lowest BCUT2D eigenvalue weighted by Crippen LogP contribution is -2.45. The molecule has 1 aromatic carbocycles. The van der Waals surface area contributed by atoms with Crippen LogP contribution in [0.5, 0.6) is 11.5 Å². The van der Waals surface area contributed by atoms with Gasteiger partial charge in [0.05, 0.1) is 6.54 Å². The second-order valence-corrected chi connectivity index (χ2v) is 7.38. The van der Waals surface area contributed by atoms with Crippen LogP contribution in [0.25, 0.3) is 0 Å². The summed E-state index contributed by atoms with van der Waals surface area (Å²) in [6.45, 7) is 3.86. The second-order valence-electron chi connectivity index (χ2n) is 7.38. The number of phenolic OH excluding ortho intramolecular Hbond substituents is 2. The zero-order valence-electron chi connectivity index (χ0n) is 14.7. The van der Waals surface area contributed by atoms with Crippen LogP contribution in [0.4, 0.5) is 0 Å². The summed E-state index contributed by atoms with van der Waals surface area (Å²) in [7, 11) is 1.63. The van der Waals surface area contributed by atoms with Crippen LogP contribution in [0.2, 0.25) is 0 Å². The van der Waals surface area contributed by atoms with Crippen molar-refractivity contribution in [1.82, 2.24) is 4.90 Å². The molecule has 1 aliphatic carbocycles. The van der Waals surface area contributed by atoms with E-state index in [9.17, 15) is 19.8 Å². The number of phenols is 2. The van der Waals surface area contributed by atoms with E-state index in [1.165, 1.54) is 23.5 Å². The van der Waals surface area contributed by atoms with Gasteiger partial charge in [-0.2, -0.15) is 0 Å². The third kappa shape index (κ3) is 4.08. The first-order valence-corrected chi connectivity index (χ1v) is 8.53. The second kappa shape index (κ2) is 7.24. The molecule has 0 aromatic heterocycles. The first-order valence-electron chi connectivity index (χ1n) is 8.53. The van der Waals surface area contributed by atoms with E-state index < -0.39 is 5.41 Å². The lowest BCUT2D eigenvalue weighted by Gasteiger charge is -2.38. The Bertz CT molecular complexity index is 598. The van der Waals surface area contributed by atoms with Gasteiger partial charge in [-0.1, -0.05) is 33.1 Å². The quantitative estimate of drug-likeness (QED) is 0.810. The first-order chi connectivity index (χ1) is 11.2. The molecule has 5 nitrogen and oxygen atoms in total. The van der Waals surface area contributed by atoms with E-state index >= 15 is 0 Å². The number of rotatable bonds is 5. The molecule has 0 aliphatic heterocycles. The molecule has 1 aromatic rings. The summed E-state index contributed by atoms with van der Waals surface area (Å²) in [5, 5.41) is 19.0. The average Bonchev–Trinajstić information content (AvgIpc) is 2.53. The molecule has 1 aliphatic rings. The minimum Gasteiger partial charge on any atom is -0.508 e. The zero-order chi connectivity index (χ0) is 17.9. The van der Waals surface area contributed by atoms with Crippen LogP contribution in [0.1, 0.15) is 56.3 Å². The predicted octanol–water partition coefficient (Wildman–Crippen LogP) is 3.35. The molecule has 1 saturated carbocycles. The number of hydrogen-bond acceptors (Lipinski definition) is 4. The highest BCUT2D eigenvalue weighted by molar-refractivity contribution is 6.00. The van der Waals surface area contributed by atoms with E-state index in [0.29, 0.717) is 5.92 Å². The van der Waals surface area contributed by atoms with E-state index in [-0.39, 0.29) is 35.3 Å². The minimum absolute atomic E-state index is 0.0351. The summed E-state index contributed by atoms with van der Waals surface area (Å²) in [5.41, 5.74) is -0.293. The van der Waals surface area contributed by atoms with Crippen molar-refractivity contribution in [3.63, 3.8) is 0 Å². The van der Waals surface area contributed by atoms with Crippen molar-refractivity contribution in [2.75, 3.05) is 13.6 Å². The number of Topliss-reactive ketones (excluding diaryl/α,β-unsaturated/α-hetero) is 1. The van der Waals surface area contributed by atoms with Crippen LogP contribution >= 0.6 is 0 Å². The fraction of sp³-hybridized carbons (Fsp3) is 0.579. The Morgan fingerprint density at radius 1 is 1.08 bits per heavy atom. The number of aromatic hydroxyl groups is 2. The number of likely N-dealkylation sites (N-methyl/N-ethyl adjacent to an activating group) is 1. The Morgan fingerprint density at radius 3 is 2.17 bits per heavy atom. The van der Waals surface area contributed by atoms with Gasteiger partial charge in [0.25, 0.3) is 0 Å². The maximum Gasteiger partial charge on any atom is 0.228 e. The lowest BCUT2D eigenvalue weighted by molar-refractivity contribution is -0.142. The Hall–Kier alpha value is -2.04. The number of carbonyl (C=O) groups is 2. The Kier molecular flexibility index (Phi) is 5.52. The highest BCUT2D eigenvalue weighted by Crippen LogP contribution is 2.39. The molecule has 2 rings (SSSR count). The fourth-order valence-corrected chi connectivity index (χ4v) is 3.63. The van der Waals surface area contributed by atoms with E-state index in [0.717, 1.165) is 31.7 Å². The van der Waals surface area contributed by atoms with Crippen molar-refractivity contribution >= 4 is 11.7 Å². The molecule has 2 N–H and O–H groups in total. The van der Waals surface area contributed by atoms with Gasteiger partial charge in [0, 0.05) is 24.1 Å². The fourth-order valence-electron chi connectivity index (χ4n) is 3.63. The molecule has 0 radical (unpaired) electrons. The summed E-state index contributed by atoms with van der Waals surface area (Å²) in [6, 6.07) is 3.76. The monoisotopic (exact) mass is 333 g/mol. The largest absolute Gasteiger partial charge is 0.508 e. The molecule has 0 saturated heterocycles. The van der Waals surface area contributed by atoms with Crippen LogP contribution in [-0.2, 0) is 4.79 Å². The first kappa shape index (κ1) is 18.3. The SMILES string of the molecule is CN(CC(=O)c1cc(O)cc(O)c1)C(=O)C(C)(C)C1CCCCC1. The van der Waals surface area contributed by atoms with E-state index in [4.69, 9.17) is 0 Å². The topological polar surface area (TPSA) is 77.8 Å². The molecule has 0 unspecified atom stereocenters. The summed E-state index contributed by atoms with van der Waals surface area (Å²) < 4.78 is 0. The molecular weight excluding hydrogens is 306 g/mol. The summed E-state index contributed by atoms with van der Waals surface area (Å²) in [5.74, 6) is -0.338. The van der Waals surface area contributed by atoms with Crippen molar-refractivity contribution in [3.8, 4) is 11.5 Å². The molecular formula is C19H27NO4. The standard InChI is InChI=1S/C19H27NO4/c1-19(2,14-7-5-4-6-8-14)18(24)20(3)12-17(23)13-9-15(21)11-16(22)10-13/h9-11,14,21-22H,4-8,12H2,1-3H3. The molecule has 0 spiro atoms. The van der Waals surface area contributed by atoms with Gasteiger partial charge in [-0.3, -0.25) is 9.59 Å². The summed E-state index contributed by atoms with van der Waals surface area (Å²) in [6.07, 6.45) is 5.66. The summed E-state index contributed by atoms with van der Waals surface area (Å²) in [4.78, 5) is 26.6. The van der Waals surface area contributed by atoms with Crippen LogP contribution in [0.3, 0.4) is 0 Å².